The summed E-state index contributed by atoms with van der Waals surface area (Å²) in [5.74, 6) is 3.98. The molecule has 0 saturated heterocycles. The van der Waals surface area contributed by atoms with Crippen molar-refractivity contribution in [2.45, 2.75) is 38.5 Å². The van der Waals surface area contributed by atoms with Crippen LogP contribution >= 0.6 is 0 Å². The number of halogens is 1. The van der Waals surface area contributed by atoms with Crippen LogP contribution in [0.15, 0.2) is 53.1 Å². The largest absolute Gasteiger partial charge is 0.497 e. The van der Waals surface area contributed by atoms with Crippen molar-refractivity contribution in [3.63, 3.8) is 0 Å². The first-order valence-electron chi connectivity index (χ1n) is 9.74. The molecule has 4 rings (SSSR count). The molecule has 0 atom stereocenters. The molecular weight excluding hydrogens is 355 g/mol. The number of hydrogen-bond donors (Lipinski definition) is 0. The maximum atomic E-state index is 13.4. The molecule has 1 aliphatic carbocycles. The molecule has 28 heavy (non-hydrogen) atoms. The molecule has 0 bridgehead atoms. The SMILES string of the molecule is COc1ccc(Cc2noc(CC3CC[C](c4cccc(F)c4)CC3)n2)cc1. The Labute approximate surface area is 164 Å². The van der Waals surface area contributed by atoms with E-state index in [-0.39, 0.29) is 5.82 Å². The zero-order valence-electron chi connectivity index (χ0n) is 16.0. The predicted octanol–water partition coefficient (Wildman–Crippen LogP) is 5.16. The summed E-state index contributed by atoms with van der Waals surface area (Å²) in [5, 5.41) is 4.13. The van der Waals surface area contributed by atoms with E-state index in [4.69, 9.17) is 9.26 Å². The fourth-order valence-electron chi connectivity index (χ4n) is 3.85. The second-order valence-electron chi connectivity index (χ2n) is 7.39. The minimum absolute atomic E-state index is 0.164. The summed E-state index contributed by atoms with van der Waals surface area (Å²) < 4.78 is 24.1. The molecule has 0 amide bonds. The van der Waals surface area contributed by atoms with E-state index in [0.717, 1.165) is 49.0 Å². The van der Waals surface area contributed by atoms with Crippen LogP contribution in [0.5, 0.6) is 5.75 Å². The summed E-state index contributed by atoms with van der Waals surface area (Å²) in [6.07, 6.45) is 5.60. The molecule has 1 aliphatic rings. The van der Waals surface area contributed by atoms with Crippen LogP contribution in [-0.4, -0.2) is 17.3 Å². The van der Waals surface area contributed by atoms with Gasteiger partial charge in [-0.15, -0.1) is 0 Å². The Hall–Kier alpha value is -2.69. The third kappa shape index (κ3) is 4.58. The molecule has 5 heteroatoms. The van der Waals surface area contributed by atoms with E-state index in [2.05, 4.69) is 10.1 Å². The molecule has 3 aromatic rings. The summed E-state index contributed by atoms with van der Waals surface area (Å²) in [6.45, 7) is 0. The van der Waals surface area contributed by atoms with Crippen molar-refractivity contribution < 1.29 is 13.7 Å². The zero-order chi connectivity index (χ0) is 19.3. The topological polar surface area (TPSA) is 48.2 Å². The molecule has 145 valence electrons. The van der Waals surface area contributed by atoms with Gasteiger partial charge in [-0.1, -0.05) is 29.4 Å². The maximum Gasteiger partial charge on any atom is 0.226 e. The second-order valence-corrected chi connectivity index (χ2v) is 7.39. The van der Waals surface area contributed by atoms with Gasteiger partial charge < -0.3 is 9.26 Å². The molecule has 0 spiro atoms. The van der Waals surface area contributed by atoms with Crippen LogP contribution in [0.1, 0.15) is 48.5 Å². The first-order valence-corrected chi connectivity index (χ1v) is 9.74. The van der Waals surface area contributed by atoms with E-state index in [9.17, 15) is 4.39 Å². The van der Waals surface area contributed by atoms with Crippen molar-refractivity contribution in [3.05, 3.63) is 83.1 Å². The van der Waals surface area contributed by atoms with Crippen molar-refractivity contribution >= 4 is 0 Å². The Balaban J connectivity index is 1.29. The molecule has 1 heterocycles. The lowest BCUT2D eigenvalue weighted by Crippen LogP contribution is -2.16. The number of aromatic nitrogens is 2. The molecule has 4 nitrogen and oxygen atoms in total. The quantitative estimate of drug-likeness (QED) is 0.593. The van der Waals surface area contributed by atoms with E-state index in [1.54, 1.807) is 19.2 Å². The van der Waals surface area contributed by atoms with Crippen LogP contribution in [0, 0.1) is 17.7 Å². The Morgan fingerprint density at radius 3 is 2.61 bits per heavy atom. The smallest absolute Gasteiger partial charge is 0.226 e. The number of benzene rings is 2. The lowest BCUT2D eigenvalue weighted by molar-refractivity contribution is 0.315. The molecule has 1 radical (unpaired) electrons. The van der Waals surface area contributed by atoms with Crippen LogP contribution in [0.25, 0.3) is 0 Å². The number of methoxy groups -OCH3 is 1. The standard InChI is InChI=1S/C23H24FN2O2/c1-27-21-11-7-16(8-12-21)13-22-25-23(28-26-22)14-17-5-9-18(10-6-17)19-3-2-4-20(24)15-19/h2-4,7-8,11-12,15,17H,5-6,9-10,13-14H2,1H3. The minimum Gasteiger partial charge on any atom is -0.497 e. The first kappa shape index (κ1) is 18.7. The van der Waals surface area contributed by atoms with Gasteiger partial charge in [0.15, 0.2) is 5.82 Å². The van der Waals surface area contributed by atoms with Gasteiger partial charge in [-0.05, 0) is 67.0 Å². The molecule has 1 saturated carbocycles. The van der Waals surface area contributed by atoms with Gasteiger partial charge >= 0.3 is 0 Å². The molecule has 1 fully saturated rings. The predicted molar refractivity (Wildman–Crippen MR) is 105 cm³/mol. The summed E-state index contributed by atoms with van der Waals surface area (Å²) >= 11 is 0. The minimum atomic E-state index is -0.164. The van der Waals surface area contributed by atoms with E-state index in [1.807, 2.05) is 30.3 Å². The van der Waals surface area contributed by atoms with Crippen LogP contribution in [0.4, 0.5) is 4.39 Å². The third-order valence-electron chi connectivity index (χ3n) is 5.44. The van der Waals surface area contributed by atoms with Crippen molar-refractivity contribution in [3.8, 4) is 5.75 Å². The number of hydrogen-bond acceptors (Lipinski definition) is 4. The Morgan fingerprint density at radius 1 is 1.11 bits per heavy atom. The molecular formula is C23H24FN2O2. The first-order chi connectivity index (χ1) is 13.7. The van der Waals surface area contributed by atoms with Crippen molar-refractivity contribution in [2.75, 3.05) is 7.11 Å². The van der Waals surface area contributed by atoms with Gasteiger partial charge in [0.05, 0.1) is 7.11 Å². The van der Waals surface area contributed by atoms with Gasteiger partial charge in [-0.3, -0.25) is 0 Å². The van der Waals surface area contributed by atoms with E-state index < -0.39 is 0 Å². The molecule has 0 aliphatic heterocycles. The molecule has 2 aromatic carbocycles. The summed E-state index contributed by atoms with van der Waals surface area (Å²) in [5.41, 5.74) is 2.16. The van der Waals surface area contributed by atoms with Crippen LogP contribution in [0.3, 0.4) is 0 Å². The summed E-state index contributed by atoms with van der Waals surface area (Å²) in [6, 6.07) is 14.8. The Bertz CT molecular complexity index is 899. The van der Waals surface area contributed by atoms with Crippen LogP contribution in [0.2, 0.25) is 0 Å². The maximum absolute atomic E-state index is 13.4. The lowest BCUT2D eigenvalue weighted by Gasteiger charge is -2.27. The highest BCUT2D eigenvalue weighted by atomic mass is 19.1. The van der Waals surface area contributed by atoms with E-state index in [0.29, 0.717) is 24.1 Å². The van der Waals surface area contributed by atoms with Gasteiger partial charge in [0.2, 0.25) is 5.89 Å². The van der Waals surface area contributed by atoms with Crippen LogP contribution < -0.4 is 4.74 Å². The van der Waals surface area contributed by atoms with Gasteiger partial charge in [-0.2, -0.15) is 4.98 Å². The van der Waals surface area contributed by atoms with Crippen molar-refractivity contribution in [2.24, 2.45) is 5.92 Å². The Morgan fingerprint density at radius 2 is 1.89 bits per heavy atom. The van der Waals surface area contributed by atoms with Gasteiger partial charge in [0.25, 0.3) is 0 Å². The summed E-state index contributed by atoms with van der Waals surface area (Å²) in [7, 11) is 1.66. The highest BCUT2D eigenvalue weighted by molar-refractivity contribution is 5.32. The van der Waals surface area contributed by atoms with Gasteiger partial charge in [0.1, 0.15) is 11.6 Å². The monoisotopic (exact) mass is 379 g/mol. The highest BCUT2D eigenvalue weighted by Crippen LogP contribution is 2.36. The number of nitrogens with zero attached hydrogens (tertiary/aromatic N) is 2. The molecule has 1 aromatic heterocycles. The van der Waals surface area contributed by atoms with Gasteiger partial charge in [0, 0.05) is 18.8 Å². The zero-order valence-corrected chi connectivity index (χ0v) is 16.0. The summed E-state index contributed by atoms with van der Waals surface area (Å²) in [4.78, 5) is 4.57. The van der Waals surface area contributed by atoms with Crippen LogP contribution in [-0.2, 0) is 12.8 Å². The Kier molecular flexibility index (Phi) is 5.70. The lowest BCUT2D eigenvalue weighted by atomic mass is 9.77. The van der Waals surface area contributed by atoms with Crippen molar-refractivity contribution in [1.82, 2.24) is 10.1 Å². The fraction of sp³-hybridized carbons (Fsp3) is 0.348. The third-order valence-corrected chi connectivity index (χ3v) is 5.44. The van der Waals surface area contributed by atoms with Crippen molar-refractivity contribution in [1.29, 1.82) is 0 Å². The molecule has 0 unspecified atom stereocenters. The molecule has 0 N–H and O–H groups in total. The number of rotatable bonds is 6. The average Bonchev–Trinajstić information content (AvgIpc) is 3.16. The average molecular weight is 379 g/mol. The van der Waals surface area contributed by atoms with Gasteiger partial charge in [-0.25, -0.2) is 4.39 Å². The highest BCUT2D eigenvalue weighted by Gasteiger charge is 2.25. The van der Waals surface area contributed by atoms with E-state index in [1.165, 1.54) is 12.0 Å². The van der Waals surface area contributed by atoms with E-state index >= 15 is 0 Å². The normalized spacial score (nSPS) is 15.6. The number of ether oxygens (including phenoxy) is 1. The fourth-order valence-corrected chi connectivity index (χ4v) is 3.85. The second kappa shape index (κ2) is 8.55.